The van der Waals surface area contributed by atoms with Gasteiger partial charge in [0, 0.05) is 24.6 Å². The van der Waals surface area contributed by atoms with Crippen LogP contribution in [0.1, 0.15) is 28.3 Å². The number of aromatic nitrogens is 4. The summed E-state index contributed by atoms with van der Waals surface area (Å²) in [5, 5.41) is 22.8. The summed E-state index contributed by atoms with van der Waals surface area (Å²) in [7, 11) is 0. The van der Waals surface area contributed by atoms with Crippen molar-refractivity contribution in [1.82, 2.24) is 19.8 Å². The summed E-state index contributed by atoms with van der Waals surface area (Å²) in [6.45, 7) is 1.55. The van der Waals surface area contributed by atoms with Crippen molar-refractivity contribution in [2.45, 2.75) is 12.3 Å². The van der Waals surface area contributed by atoms with E-state index < -0.39 is 5.97 Å². The van der Waals surface area contributed by atoms with Crippen LogP contribution >= 0.6 is 0 Å². The van der Waals surface area contributed by atoms with Gasteiger partial charge in [0.15, 0.2) is 11.5 Å². The quantitative estimate of drug-likeness (QED) is 0.579. The van der Waals surface area contributed by atoms with Crippen LogP contribution in [0.3, 0.4) is 0 Å². The van der Waals surface area contributed by atoms with E-state index in [1.165, 1.54) is 0 Å². The first-order chi connectivity index (χ1) is 14.2. The second-order valence-corrected chi connectivity index (χ2v) is 7.18. The number of hydrogen-bond donors (Lipinski definition) is 1. The molecule has 0 amide bonds. The van der Waals surface area contributed by atoms with Gasteiger partial charge in [-0.25, -0.2) is 4.79 Å². The van der Waals surface area contributed by atoms with Crippen molar-refractivity contribution in [3.63, 3.8) is 0 Å². The molecule has 4 aromatic rings. The Hall–Kier alpha value is -3.74. The molecule has 1 saturated heterocycles. The van der Waals surface area contributed by atoms with E-state index >= 15 is 0 Å². The number of fused-ring (bicyclic) bond motifs is 1. The second-order valence-electron chi connectivity index (χ2n) is 7.18. The molecule has 2 aromatic carbocycles. The number of carbonyl (C=O) groups is 1. The summed E-state index contributed by atoms with van der Waals surface area (Å²) in [5.74, 6) is 0.823. The van der Waals surface area contributed by atoms with Crippen LogP contribution in [0.5, 0.6) is 0 Å². The van der Waals surface area contributed by atoms with Gasteiger partial charge in [-0.1, -0.05) is 48.5 Å². The number of rotatable bonds is 4. The Morgan fingerprint density at radius 2 is 1.76 bits per heavy atom. The van der Waals surface area contributed by atoms with Gasteiger partial charge in [-0.15, -0.1) is 15.3 Å². The maximum absolute atomic E-state index is 11.6. The summed E-state index contributed by atoms with van der Waals surface area (Å²) in [6.07, 6.45) is 0.887. The molecule has 2 aromatic heterocycles. The molecule has 0 saturated carbocycles. The fourth-order valence-electron chi connectivity index (χ4n) is 3.99. The van der Waals surface area contributed by atoms with Gasteiger partial charge < -0.3 is 10.0 Å². The number of benzene rings is 2. The zero-order valence-electron chi connectivity index (χ0n) is 15.6. The van der Waals surface area contributed by atoms with Crippen LogP contribution in [0.2, 0.25) is 0 Å². The van der Waals surface area contributed by atoms with E-state index in [4.69, 9.17) is 5.10 Å². The molecule has 0 aliphatic carbocycles. The fourth-order valence-corrected chi connectivity index (χ4v) is 3.99. The molecule has 0 spiro atoms. The van der Waals surface area contributed by atoms with E-state index in [0.29, 0.717) is 17.0 Å². The topological polar surface area (TPSA) is 83.6 Å². The zero-order valence-corrected chi connectivity index (χ0v) is 15.6. The van der Waals surface area contributed by atoms with Gasteiger partial charge in [0.2, 0.25) is 0 Å². The van der Waals surface area contributed by atoms with Crippen molar-refractivity contribution in [3.8, 4) is 11.4 Å². The van der Waals surface area contributed by atoms with E-state index in [1.54, 1.807) is 16.6 Å². The Morgan fingerprint density at radius 3 is 2.59 bits per heavy atom. The summed E-state index contributed by atoms with van der Waals surface area (Å²) >= 11 is 0. The Kier molecular flexibility index (Phi) is 4.20. The smallest absolute Gasteiger partial charge is 0.335 e. The molecule has 7 heteroatoms. The van der Waals surface area contributed by atoms with E-state index in [-0.39, 0.29) is 5.92 Å². The molecule has 144 valence electrons. The molecule has 0 bridgehead atoms. The predicted molar refractivity (Wildman–Crippen MR) is 109 cm³/mol. The first-order valence-corrected chi connectivity index (χ1v) is 9.56. The van der Waals surface area contributed by atoms with Crippen LogP contribution in [-0.4, -0.2) is 44.0 Å². The number of carboxylic acid groups (broad SMARTS) is 1. The number of anilines is 1. The molecule has 5 rings (SSSR count). The Labute approximate surface area is 167 Å². The molecule has 1 unspecified atom stereocenters. The standard InChI is InChI=1S/C22H19N5O2/c28-22(29)18-9-5-4-8-17(18)16-12-13-26(14-16)20-11-10-19-23-24-21(27(19)25-20)15-6-2-1-3-7-15/h1-11,16H,12-14H2,(H,28,29). The Bertz CT molecular complexity index is 1190. The highest BCUT2D eigenvalue weighted by Crippen LogP contribution is 2.32. The largest absolute Gasteiger partial charge is 0.478 e. The van der Waals surface area contributed by atoms with Gasteiger partial charge in [-0.2, -0.15) is 4.52 Å². The first kappa shape index (κ1) is 17.4. The maximum Gasteiger partial charge on any atom is 0.335 e. The summed E-state index contributed by atoms with van der Waals surface area (Å²) in [6, 6.07) is 21.0. The first-order valence-electron chi connectivity index (χ1n) is 9.56. The maximum atomic E-state index is 11.6. The average Bonchev–Trinajstić information content (AvgIpc) is 3.41. The van der Waals surface area contributed by atoms with Crippen LogP contribution in [0.25, 0.3) is 17.0 Å². The second kappa shape index (κ2) is 7.01. The molecule has 0 radical (unpaired) electrons. The molecular formula is C22H19N5O2. The summed E-state index contributed by atoms with van der Waals surface area (Å²) in [5.41, 5.74) is 2.92. The lowest BCUT2D eigenvalue weighted by molar-refractivity contribution is 0.0695. The molecular weight excluding hydrogens is 366 g/mol. The van der Waals surface area contributed by atoms with E-state index in [0.717, 1.165) is 36.5 Å². The lowest BCUT2D eigenvalue weighted by atomic mass is 9.93. The van der Waals surface area contributed by atoms with Crippen LogP contribution in [0.15, 0.2) is 66.7 Å². The monoisotopic (exact) mass is 385 g/mol. The van der Waals surface area contributed by atoms with Crippen LogP contribution in [0, 0.1) is 0 Å². The third kappa shape index (κ3) is 3.10. The Morgan fingerprint density at radius 1 is 0.966 bits per heavy atom. The van der Waals surface area contributed by atoms with Gasteiger partial charge >= 0.3 is 5.97 Å². The van der Waals surface area contributed by atoms with Crippen LogP contribution in [-0.2, 0) is 0 Å². The van der Waals surface area contributed by atoms with Crippen molar-refractivity contribution in [3.05, 3.63) is 77.9 Å². The number of carboxylic acids is 1. The predicted octanol–water partition coefficient (Wildman–Crippen LogP) is 3.48. The third-order valence-electron chi connectivity index (χ3n) is 5.42. The van der Waals surface area contributed by atoms with Crippen molar-refractivity contribution in [1.29, 1.82) is 0 Å². The molecule has 1 fully saturated rings. The molecule has 3 heterocycles. The fraction of sp³-hybridized carbons (Fsp3) is 0.182. The Balaban J connectivity index is 1.46. The average molecular weight is 385 g/mol. The number of aromatic carboxylic acids is 1. The SMILES string of the molecule is O=C(O)c1ccccc1C1CCN(c2ccc3nnc(-c4ccccc4)n3n2)C1. The van der Waals surface area contributed by atoms with E-state index in [2.05, 4.69) is 15.1 Å². The third-order valence-corrected chi connectivity index (χ3v) is 5.42. The number of hydrogen-bond acceptors (Lipinski definition) is 5. The number of nitrogens with zero attached hydrogens (tertiary/aromatic N) is 5. The normalized spacial score (nSPS) is 16.4. The van der Waals surface area contributed by atoms with Gasteiger partial charge in [-0.3, -0.25) is 0 Å². The highest BCUT2D eigenvalue weighted by molar-refractivity contribution is 5.89. The minimum Gasteiger partial charge on any atom is -0.478 e. The van der Waals surface area contributed by atoms with Gasteiger partial charge in [0.25, 0.3) is 0 Å². The molecule has 7 nitrogen and oxygen atoms in total. The van der Waals surface area contributed by atoms with Gasteiger partial charge in [0.1, 0.15) is 5.82 Å². The molecule has 1 N–H and O–H groups in total. The minimum atomic E-state index is -0.879. The highest BCUT2D eigenvalue weighted by Gasteiger charge is 2.28. The van der Waals surface area contributed by atoms with E-state index in [9.17, 15) is 9.90 Å². The van der Waals surface area contributed by atoms with Crippen molar-refractivity contribution in [2.24, 2.45) is 0 Å². The zero-order chi connectivity index (χ0) is 19.8. The minimum absolute atomic E-state index is 0.161. The van der Waals surface area contributed by atoms with Crippen molar-refractivity contribution in [2.75, 3.05) is 18.0 Å². The van der Waals surface area contributed by atoms with Gasteiger partial charge in [-0.05, 0) is 30.2 Å². The van der Waals surface area contributed by atoms with Crippen molar-refractivity contribution < 1.29 is 9.90 Å². The summed E-state index contributed by atoms with van der Waals surface area (Å²) < 4.78 is 1.77. The van der Waals surface area contributed by atoms with Crippen LogP contribution in [0.4, 0.5) is 5.82 Å². The molecule has 1 aliphatic rings. The van der Waals surface area contributed by atoms with E-state index in [1.807, 2.05) is 54.6 Å². The lowest BCUT2D eigenvalue weighted by Gasteiger charge is -2.18. The van der Waals surface area contributed by atoms with Crippen molar-refractivity contribution >= 4 is 17.4 Å². The highest BCUT2D eigenvalue weighted by atomic mass is 16.4. The molecule has 29 heavy (non-hydrogen) atoms. The summed E-state index contributed by atoms with van der Waals surface area (Å²) in [4.78, 5) is 13.8. The van der Waals surface area contributed by atoms with Crippen LogP contribution < -0.4 is 4.90 Å². The lowest BCUT2D eigenvalue weighted by Crippen LogP contribution is -2.21. The molecule has 1 aliphatic heterocycles. The van der Waals surface area contributed by atoms with Gasteiger partial charge in [0.05, 0.1) is 5.56 Å². The molecule has 1 atom stereocenters.